The summed E-state index contributed by atoms with van der Waals surface area (Å²) in [5.41, 5.74) is 1.22. The summed E-state index contributed by atoms with van der Waals surface area (Å²) in [5, 5.41) is 12.6. The van der Waals surface area contributed by atoms with Crippen LogP contribution in [0, 0.1) is 11.3 Å². The predicted octanol–water partition coefficient (Wildman–Crippen LogP) is 3.92. The third-order valence-electron chi connectivity index (χ3n) is 5.59. The Labute approximate surface area is 214 Å². The number of fused-ring (bicyclic) bond motifs is 1. The van der Waals surface area contributed by atoms with Crippen molar-refractivity contribution in [2.24, 2.45) is 0 Å². The molecule has 1 amide bonds. The Morgan fingerprint density at radius 1 is 1.08 bits per heavy atom. The molecule has 0 fully saturated rings. The second-order valence-corrected chi connectivity index (χ2v) is 8.46. The Hall–Kier alpha value is -4.58. The van der Waals surface area contributed by atoms with Gasteiger partial charge in [-0.1, -0.05) is 12.1 Å². The summed E-state index contributed by atoms with van der Waals surface area (Å²) in [4.78, 5) is 38.8. The van der Waals surface area contributed by atoms with Gasteiger partial charge in [-0.05, 0) is 61.2 Å². The van der Waals surface area contributed by atoms with Gasteiger partial charge in [-0.3, -0.25) is 4.79 Å². The van der Waals surface area contributed by atoms with Crippen LogP contribution in [0.2, 0.25) is 0 Å². The summed E-state index contributed by atoms with van der Waals surface area (Å²) in [6.07, 6.45) is 3.37. The lowest BCUT2D eigenvalue weighted by Gasteiger charge is -2.11. The first kappa shape index (κ1) is 27.0. The fraction of sp³-hybridized carbons (Fsp3) is 0.286. The molecule has 0 saturated heterocycles. The highest BCUT2D eigenvalue weighted by molar-refractivity contribution is 5.98. The van der Waals surface area contributed by atoms with Crippen molar-refractivity contribution in [3.8, 4) is 11.8 Å². The van der Waals surface area contributed by atoms with Gasteiger partial charge in [-0.2, -0.15) is 5.26 Å². The number of amides is 1. The molecule has 0 atom stereocenters. The van der Waals surface area contributed by atoms with E-state index in [1.54, 1.807) is 18.2 Å². The third kappa shape index (κ3) is 7.45. The number of rotatable bonds is 11. The van der Waals surface area contributed by atoms with Crippen molar-refractivity contribution in [2.45, 2.75) is 19.3 Å². The zero-order chi connectivity index (χ0) is 26.8. The molecule has 3 aromatic rings. The number of ether oxygens (including phenoxy) is 2. The highest BCUT2D eigenvalue weighted by Gasteiger charge is 2.14. The van der Waals surface area contributed by atoms with Gasteiger partial charge in [0.05, 0.1) is 13.7 Å². The van der Waals surface area contributed by atoms with Crippen molar-refractivity contribution < 1.29 is 23.5 Å². The second kappa shape index (κ2) is 12.9. The Morgan fingerprint density at radius 2 is 1.84 bits per heavy atom. The van der Waals surface area contributed by atoms with Crippen molar-refractivity contribution in [2.75, 3.05) is 39.3 Å². The Kier molecular flexibility index (Phi) is 9.44. The van der Waals surface area contributed by atoms with E-state index in [0.717, 1.165) is 11.3 Å². The van der Waals surface area contributed by atoms with Crippen molar-refractivity contribution in [1.29, 1.82) is 5.26 Å². The number of nitrogens with one attached hydrogen (secondary N) is 1. The van der Waals surface area contributed by atoms with Gasteiger partial charge in [0.15, 0.2) is 0 Å². The molecule has 0 bridgehead atoms. The summed E-state index contributed by atoms with van der Waals surface area (Å²) in [7, 11) is 5.37. The molecule has 3 rings (SSSR count). The molecule has 9 nitrogen and oxygen atoms in total. The largest absolute Gasteiger partial charge is 0.497 e. The number of nitrogens with zero attached hydrogens (tertiary/aromatic N) is 2. The van der Waals surface area contributed by atoms with Crippen LogP contribution in [-0.2, 0) is 9.53 Å². The topological polar surface area (TPSA) is 122 Å². The summed E-state index contributed by atoms with van der Waals surface area (Å²) < 4.78 is 15.6. The van der Waals surface area contributed by atoms with Crippen LogP contribution in [-0.4, -0.2) is 46.2 Å². The molecule has 0 aliphatic rings. The summed E-state index contributed by atoms with van der Waals surface area (Å²) in [6.45, 7) is 0.502. The van der Waals surface area contributed by atoms with E-state index in [-0.39, 0.29) is 17.7 Å². The molecule has 0 saturated carbocycles. The number of anilines is 1. The minimum atomic E-state index is -0.722. The number of unbranched alkanes of at least 4 members (excludes halogenated alkanes) is 2. The van der Waals surface area contributed by atoms with Gasteiger partial charge < -0.3 is 24.1 Å². The van der Waals surface area contributed by atoms with Crippen LogP contribution in [0.25, 0.3) is 17.0 Å². The van der Waals surface area contributed by atoms with Crippen molar-refractivity contribution >= 4 is 34.6 Å². The first-order valence-electron chi connectivity index (χ1n) is 11.8. The quantitative estimate of drug-likeness (QED) is 0.137. The van der Waals surface area contributed by atoms with Gasteiger partial charge in [-0.15, -0.1) is 0 Å². The standard InChI is InChI=1S/C28H29N3O6/c1-31(2)22-10-7-19(8-11-22)15-21(18-29)27(33)36-14-6-4-5-13-30-26(32)24-16-20-9-12-23(35-3)17-25(20)37-28(24)34/h7-12,15-17H,4-6,13-14H2,1-3H3,(H,30,32)/b21-15+. The Balaban J connectivity index is 1.40. The SMILES string of the molecule is COc1ccc2cc(C(=O)NCCCCCOC(=O)/C(C#N)=C/c3ccc(N(C)C)cc3)c(=O)oc2c1. The molecule has 1 heterocycles. The summed E-state index contributed by atoms with van der Waals surface area (Å²) in [5.74, 6) is -0.637. The van der Waals surface area contributed by atoms with Gasteiger partial charge >= 0.3 is 11.6 Å². The molecular formula is C28H29N3O6. The molecule has 0 radical (unpaired) electrons. The first-order chi connectivity index (χ1) is 17.8. The summed E-state index contributed by atoms with van der Waals surface area (Å²) in [6, 6.07) is 15.8. The molecule has 0 unspecified atom stereocenters. The number of hydrogen-bond acceptors (Lipinski definition) is 8. The van der Waals surface area contributed by atoms with E-state index in [2.05, 4.69) is 5.32 Å². The normalized spacial score (nSPS) is 11.0. The molecule has 9 heteroatoms. The third-order valence-corrected chi connectivity index (χ3v) is 5.59. The van der Waals surface area contributed by atoms with E-state index in [4.69, 9.17) is 13.9 Å². The lowest BCUT2D eigenvalue weighted by molar-refractivity contribution is -0.138. The predicted molar refractivity (Wildman–Crippen MR) is 141 cm³/mol. The van der Waals surface area contributed by atoms with Gasteiger partial charge in [0, 0.05) is 37.8 Å². The Bertz CT molecular complexity index is 1380. The molecule has 1 N–H and O–H groups in total. The lowest BCUT2D eigenvalue weighted by Crippen LogP contribution is -2.29. The van der Waals surface area contributed by atoms with E-state index >= 15 is 0 Å². The van der Waals surface area contributed by atoms with Crippen LogP contribution >= 0.6 is 0 Å². The van der Waals surface area contributed by atoms with Crippen LogP contribution in [0.3, 0.4) is 0 Å². The average Bonchev–Trinajstić information content (AvgIpc) is 2.90. The number of nitriles is 1. The number of benzene rings is 2. The van der Waals surface area contributed by atoms with E-state index in [0.29, 0.717) is 42.5 Å². The maximum absolute atomic E-state index is 12.4. The molecule has 192 valence electrons. The maximum atomic E-state index is 12.4. The van der Waals surface area contributed by atoms with E-state index in [1.807, 2.05) is 49.3 Å². The minimum absolute atomic E-state index is 0.0706. The van der Waals surface area contributed by atoms with Crippen LogP contribution < -0.4 is 20.6 Å². The maximum Gasteiger partial charge on any atom is 0.349 e. The van der Waals surface area contributed by atoms with Gasteiger partial charge in [0.25, 0.3) is 5.91 Å². The number of carbonyl (C=O) groups excluding carboxylic acids is 2. The minimum Gasteiger partial charge on any atom is -0.497 e. The number of carbonyl (C=O) groups is 2. The van der Waals surface area contributed by atoms with E-state index < -0.39 is 17.5 Å². The molecule has 37 heavy (non-hydrogen) atoms. The Morgan fingerprint density at radius 3 is 2.51 bits per heavy atom. The average molecular weight is 504 g/mol. The smallest absolute Gasteiger partial charge is 0.349 e. The highest BCUT2D eigenvalue weighted by atomic mass is 16.5. The fourth-order valence-corrected chi connectivity index (χ4v) is 3.49. The number of methoxy groups -OCH3 is 1. The monoisotopic (exact) mass is 503 g/mol. The van der Waals surface area contributed by atoms with Crippen molar-refractivity contribution in [1.82, 2.24) is 5.32 Å². The highest BCUT2D eigenvalue weighted by Crippen LogP contribution is 2.20. The van der Waals surface area contributed by atoms with Crippen molar-refractivity contribution in [3.05, 3.63) is 75.7 Å². The first-order valence-corrected chi connectivity index (χ1v) is 11.8. The molecular weight excluding hydrogens is 474 g/mol. The van der Waals surface area contributed by atoms with Crippen LogP contribution in [0.1, 0.15) is 35.2 Å². The molecule has 0 aliphatic carbocycles. The zero-order valence-corrected chi connectivity index (χ0v) is 21.1. The van der Waals surface area contributed by atoms with Crippen LogP contribution in [0.5, 0.6) is 5.75 Å². The van der Waals surface area contributed by atoms with Crippen LogP contribution in [0.15, 0.2) is 63.3 Å². The molecule has 2 aromatic carbocycles. The molecule has 0 spiro atoms. The summed E-state index contributed by atoms with van der Waals surface area (Å²) >= 11 is 0. The second-order valence-electron chi connectivity index (χ2n) is 8.46. The molecule has 0 aliphatic heterocycles. The number of esters is 1. The van der Waals surface area contributed by atoms with Crippen molar-refractivity contribution in [3.63, 3.8) is 0 Å². The van der Waals surface area contributed by atoms with E-state index in [1.165, 1.54) is 19.3 Å². The van der Waals surface area contributed by atoms with Gasteiger partial charge in [0.2, 0.25) is 0 Å². The van der Waals surface area contributed by atoms with Gasteiger partial charge in [-0.25, -0.2) is 9.59 Å². The molecule has 1 aromatic heterocycles. The number of hydrogen-bond donors (Lipinski definition) is 1. The lowest BCUT2D eigenvalue weighted by atomic mass is 10.1. The fourth-order valence-electron chi connectivity index (χ4n) is 3.49. The van der Waals surface area contributed by atoms with Gasteiger partial charge in [0.1, 0.15) is 28.5 Å². The van der Waals surface area contributed by atoms with Crippen LogP contribution in [0.4, 0.5) is 5.69 Å². The zero-order valence-electron chi connectivity index (χ0n) is 21.1. The van der Waals surface area contributed by atoms with E-state index in [9.17, 15) is 19.6 Å².